The Bertz CT molecular complexity index is 818. The molecule has 7 heteroatoms. The number of hydrogen-bond donors (Lipinski definition) is 0. The third-order valence-electron chi connectivity index (χ3n) is 3.83. The number of hydrogen-bond acceptors (Lipinski definition) is 0. The van der Waals surface area contributed by atoms with Crippen molar-refractivity contribution in [2.75, 3.05) is 0 Å². The summed E-state index contributed by atoms with van der Waals surface area (Å²) >= 11 is 0. The molecule has 0 spiro atoms. The third-order valence-corrected chi connectivity index (χ3v) is 3.83. The quantitative estimate of drug-likeness (QED) is 0.503. The monoisotopic (exact) mass is 350 g/mol. The van der Waals surface area contributed by atoms with Gasteiger partial charge in [-0.3, -0.25) is 0 Å². The van der Waals surface area contributed by atoms with Gasteiger partial charge in [-0.25, -0.2) is 26.3 Å². The highest BCUT2D eigenvalue weighted by Gasteiger charge is 2.25. The van der Waals surface area contributed by atoms with Gasteiger partial charge in [-0.1, -0.05) is 34.6 Å². The first kappa shape index (κ1) is 17.1. The maximum atomic E-state index is 13.6. The Morgan fingerprint density at radius 2 is 0.680 bits per heavy atom. The van der Waals surface area contributed by atoms with Crippen LogP contribution in [0.5, 0.6) is 0 Å². The van der Waals surface area contributed by atoms with Crippen molar-refractivity contribution in [2.24, 2.45) is 0 Å². The molecule has 0 heterocycles. The van der Waals surface area contributed by atoms with E-state index < -0.39 is 41.6 Å². The molecule has 25 heavy (non-hydrogen) atoms. The van der Waals surface area contributed by atoms with E-state index in [-0.39, 0.29) is 16.4 Å². The summed E-state index contributed by atoms with van der Waals surface area (Å²) in [6.07, 6.45) is 0. The molecule has 0 nitrogen and oxygen atoms in total. The van der Waals surface area contributed by atoms with Crippen LogP contribution in [0.1, 0.15) is 0 Å². The van der Waals surface area contributed by atoms with Crippen molar-refractivity contribution in [1.29, 1.82) is 0 Å². The number of benzene rings is 3. The lowest BCUT2D eigenvalue weighted by molar-refractivity contribution is 0.509. The topological polar surface area (TPSA) is 0 Å². The summed E-state index contributed by atoms with van der Waals surface area (Å²) in [6, 6.07) is 8.97. The zero-order valence-electron chi connectivity index (χ0n) is 12.5. The van der Waals surface area contributed by atoms with Crippen LogP contribution in [-0.4, -0.2) is 6.71 Å². The Labute approximate surface area is 139 Å². The summed E-state index contributed by atoms with van der Waals surface area (Å²) in [6.45, 7) is -0.944. The van der Waals surface area contributed by atoms with E-state index in [0.717, 1.165) is 36.4 Å². The fourth-order valence-electron chi connectivity index (χ4n) is 2.65. The average molecular weight is 350 g/mol. The van der Waals surface area contributed by atoms with Crippen LogP contribution in [0.4, 0.5) is 26.3 Å². The molecule has 0 fully saturated rings. The summed E-state index contributed by atoms with van der Waals surface area (Å²) in [5.74, 6) is -6.69. The molecule has 0 aliphatic heterocycles. The van der Waals surface area contributed by atoms with Crippen molar-refractivity contribution in [2.45, 2.75) is 0 Å². The van der Waals surface area contributed by atoms with Crippen LogP contribution in [0.3, 0.4) is 0 Å². The van der Waals surface area contributed by atoms with Crippen molar-refractivity contribution in [3.63, 3.8) is 0 Å². The molecule has 0 amide bonds. The normalized spacial score (nSPS) is 10.8. The van der Waals surface area contributed by atoms with E-state index in [1.807, 2.05) is 0 Å². The molecule has 3 rings (SSSR count). The van der Waals surface area contributed by atoms with Gasteiger partial charge in [0.15, 0.2) is 34.9 Å². The maximum Gasteiger partial charge on any atom is 0.241 e. The number of halogens is 6. The minimum absolute atomic E-state index is 0.177. The lowest BCUT2D eigenvalue weighted by atomic mass is 9.37. The molecule has 0 radical (unpaired) electrons. The summed E-state index contributed by atoms with van der Waals surface area (Å²) in [5.41, 5.74) is 0.530. The lowest BCUT2D eigenvalue weighted by Crippen LogP contribution is -2.52. The predicted molar refractivity (Wildman–Crippen MR) is 83.7 cm³/mol. The minimum Gasteiger partial charge on any atom is -0.204 e. The molecular weight excluding hydrogens is 341 g/mol. The van der Waals surface area contributed by atoms with Crippen LogP contribution in [0.25, 0.3) is 0 Å². The van der Waals surface area contributed by atoms with Gasteiger partial charge in [-0.2, -0.15) is 0 Å². The molecule has 3 aromatic carbocycles. The maximum absolute atomic E-state index is 13.6. The van der Waals surface area contributed by atoms with E-state index in [4.69, 9.17) is 0 Å². The van der Waals surface area contributed by atoms with Crippen LogP contribution in [-0.2, 0) is 0 Å². The first-order valence-electron chi connectivity index (χ1n) is 7.21. The summed E-state index contributed by atoms with van der Waals surface area (Å²) < 4.78 is 80.5. The molecule has 0 saturated heterocycles. The van der Waals surface area contributed by atoms with Gasteiger partial charge in [-0.15, -0.1) is 0 Å². The van der Waals surface area contributed by atoms with E-state index in [1.54, 1.807) is 0 Å². The summed E-state index contributed by atoms with van der Waals surface area (Å²) in [7, 11) is 0. The molecule has 0 unspecified atom stereocenters. The Morgan fingerprint density at radius 1 is 0.400 bits per heavy atom. The zero-order valence-corrected chi connectivity index (χ0v) is 12.5. The standard InChI is InChI=1S/C18H9BF6/c20-13-4-1-10(7-16(13)23)19(11-2-5-14(21)17(24)8-11)12-3-6-15(22)18(25)9-12/h1-9H. The van der Waals surface area contributed by atoms with Gasteiger partial charge >= 0.3 is 0 Å². The van der Waals surface area contributed by atoms with Gasteiger partial charge in [0, 0.05) is 0 Å². The fraction of sp³-hybridized carbons (Fsp3) is 0. The van der Waals surface area contributed by atoms with Gasteiger partial charge in [0.2, 0.25) is 6.71 Å². The Kier molecular flexibility index (Phi) is 4.57. The molecule has 0 aromatic heterocycles. The van der Waals surface area contributed by atoms with Gasteiger partial charge in [0.25, 0.3) is 0 Å². The molecule has 3 aromatic rings. The van der Waals surface area contributed by atoms with E-state index in [1.165, 1.54) is 18.2 Å². The van der Waals surface area contributed by atoms with Crippen molar-refractivity contribution in [1.82, 2.24) is 0 Å². The van der Waals surface area contributed by atoms with Crippen molar-refractivity contribution in [3.8, 4) is 0 Å². The van der Waals surface area contributed by atoms with Crippen LogP contribution < -0.4 is 16.4 Å². The Morgan fingerprint density at radius 3 is 0.920 bits per heavy atom. The highest BCUT2D eigenvalue weighted by molar-refractivity contribution is 6.95. The van der Waals surface area contributed by atoms with Crippen LogP contribution in [0, 0.1) is 34.9 Å². The predicted octanol–water partition coefficient (Wildman–Crippen LogP) is 3.04. The van der Waals surface area contributed by atoms with E-state index in [9.17, 15) is 26.3 Å². The largest absolute Gasteiger partial charge is 0.241 e. The molecular formula is C18H9BF6. The van der Waals surface area contributed by atoms with Crippen LogP contribution in [0.2, 0.25) is 0 Å². The minimum atomic E-state index is -1.15. The van der Waals surface area contributed by atoms with Gasteiger partial charge < -0.3 is 0 Å². The Hall–Kier alpha value is -2.70. The van der Waals surface area contributed by atoms with Crippen LogP contribution >= 0.6 is 0 Å². The highest BCUT2D eigenvalue weighted by Crippen LogP contribution is 2.08. The number of rotatable bonds is 3. The molecule has 0 atom stereocenters. The SMILES string of the molecule is Fc1ccc(B(c2ccc(F)c(F)c2)c2ccc(F)c(F)c2)cc1F. The molecule has 0 N–H and O–H groups in total. The second-order valence-electron chi connectivity index (χ2n) is 5.45. The van der Waals surface area contributed by atoms with E-state index in [2.05, 4.69) is 0 Å². The lowest BCUT2D eigenvalue weighted by Gasteiger charge is -2.16. The summed E-state index contributed by atoms with van der Waals surface area (Å²) in [4.78, 5) is 0. The van der Waals surface area contributed by atoms with E-state index >= 15 is 0 Å². The second-order valence-corrected chi connectivity index (χ2v) is 5.45. The van der Waals surface area contributed by atoms with Gasteiger partial charge in [0.1, 0.15) is 0 Å². The molecule has 0 bridgehead atoms. The molecule has 0 aliphatic carbocycles. The summed E-state index contributed by atoms with van der Waals surface area (Å²) in [5, 5.41) is 0. The first-order valence-corrected chi connectivity index (χ1v) is 7.21. The molecule has 0 saturated carbocycles. The third kappa shape index (κ3) is 3.40. The van der Waals surface area contributed by atoms with Crippen molar-refractivity contribution in [3.05, 3.63) is 89.5 Å². The van der Waals surface area contributed by atoms with Crippen molar-refractivity contribution < 1.29 is 26.3 Å². The zero-order chi connectivity index (χ0) is 18.1. The van der Waals surface area contributed by atoms with Crippen molar-refractivity contribution >= 4 is 23.1 Å². The smallest absolute Gasteiger partial charge is 0.204 e. The second kappa shape index (κ2) is 6.66. The average Bonchev–Trinajstić information content (AvgIpc) is 2.57. The van der Waals surface area contributed by atoms with Gasteiger partial charge in [0.05, 0.1) is 0 Å². The molecule has 126 valence electrons. The van der Waals surface area contributed by atoms with E-state index in [0.29, 0.717) is 0 Å². The van der Waals surface area contributed by atoms with Crippen LogP contribution in [0.15, 0.2) is 54.6 Å². The first-order chi connectivity index (χ1) is 11.9. The Balaban J connectivity index is 2.21. The highest BCUT2D eigenvalue weighted by atomic mass is 19.2. The molecule has 0 aliphatic rings. The van der Waals surface area contributed by atoms with Gasteiger partial charge in [-0.05, 0) is 36.4 Å². The fourth-order valence-corrected chi connectivity index (χ4v) is 2.65.